The van der Waals surface area contributed by atoms with Gasteiger partial charge in [-0.25, -0.2) is 0 Å². The van der Waals surface area contributed by atoms with E-state index in [-0.39, 0.29) is 5.41 Å². The van der Waals surface area contributed by atoms with Crippen molar-refractivity contribution in [1.82, 2.24) is 4.57 Å². The van der Waals surface area contributed by atoms with Crippen molar-refractivity contribution in [2.75, 3.05) is 0 Å². The maximum atomic E-state index is 2.49. The standard InChI is InChI=1S/C33H25N/c1-33(24-14-6-3-7-15-24)29-18-10-8-16-25(29)27-21-32-28(20-30(27)33)26-17-9-11-19-31(26)34(32)22-23-12-4-2-5-13-23/h2-21H,22H2,1H3. The molecule has 0 fully saturated rings. The molecule has 5 aromatic carbocycles. The van der Waals surface area contributed by atoms with E-state index in [1.165, 1.54) is 55.2 Å². The van der Waals surface area contributed by atoms with Gasteiger partial charge in [0.15, 0.2) is 0 Å². The van der Waals surface area contributed by atoms with Crippen molar-refractivity contribution in [3.8, 4) is 11.1 Å². The zero-order valence-electron chi connectivity index (χ0n) is 19.2. The quantitative estimate of drug-likeness (QED) is 0.264. The summed E-state index contributed by atoms with van der Waals surface area (Å²) in [7, 11) is 0. The van der Waals surface area contributed by atoms with Crippen molar-refractivity contribution < 1.29 is 0 Å². The lowest BCUT2D eigenvalue weighted by Gasteiger charge is -2.28. The number of aromatic nitrogens is 1. The molecule has 0 saturated carbocycles. The summed E-state index contributed by atoms with van der Waals surface area (Å²) >= 11 is 0. The molecule has 1 nitrogen and oxygen atoms in total. The van der Waals surface area contributed by atoms with E-state index in [9.17, 15) is 0 Å². The third-order valence-electron chi connectivity index (χ3n) is 7.74. The van der Waals surface area contributed by atoms with Gasteiger partial charge in [-0.2, -0.15) is 0 Å². The van der Waals surface area contributed by atoms with E-state index in [1.54, 1.807) is 0 Å². The van der Waals surface area contributed by atoms with E-state index in [2.05, 4.69) is 133 Å². The van der Waals surface area contributed by atoms with Gasteiger partial charge in [0.05, 0.1) is 5.52 Å². The molecule has 0 aliphatic heterocycles. The predicted octanol–water partition coefficient (Wildman–Crippen LogP) is 8.18. The monoisotopic (exact) mass is 435 g/mol. The Morgan fingerprint density at radius 1 is 0.559 bits per heavy atom. The molecular weight excluding hydrogens is 410 g/mol. The van der Waals surface area contributed by atoms with Crippen LogP contribution in [0.25, 0.3) is 32.9 Å². The first kappa shape index (κ1) is 19.4. The smallest absolute Gasteiger partial charge is 0.0500 e. The lowest BCUT2D eigenvalue weighted by molar-refractivity contribution is 0.715. The third-order valence-corrected chi connectivity index (χ3v) is 7.74. The van der Waals surface area contributed by atoms with Crippen molar-refractivity contribution in [3.63, 3.8) is 0 Å². The van der Waals surface area contributed by atoms with E-state index in [0.29, 0.717) is 0 Å². The zero-order chi connectivity index (χ0) is 22.7. The Bertz CT molecular complexity index is 1670. The Morgan fingerprint density at radius 2 is 1.24 bits per heavy atom. The lowest BCUT2D eigenvalue weighted by atomic mass is 9.74. The number of hydrogen-bond donors (Lipinski definition) is 0. The number of nitrogens with zero attached hydrogens (tertiary/aromatic N) is 1. The number of benzene rings is 5. The Morgan fingerprint density at radius 3 is 2.06 bits per heavy atom. The van der Waals surface area contributed by atoms with Crippen LogP contribution in [0, 0.1) is 0 Å². The Balaban J connectivity index is 1.57. The topological polar surface area (TPSA) is 4.93 Å². The molecule has 162 valence electrons. The van der Waals surface area contributed by atoms with Crippen LogP contribution in [0.5, 0.6) is 0 Å². The van der Waals surface area contributed by atoms with E-state index in [1.807, 2.05) is 0 Å². The minimum absolute atomic E-state index is 0.177. The van der Waals surface area contributed by atoms with Crippen LogP contribution in [0.3, 0.4) is 0 Å². The summed E-state index contributed by atoms with van der Waals surface area (Å²) in [4.78, 5) is 0. The second-order valence-corrected chi connectivity index (χ2v) is 9.54. The molecule has 7 rings (SSSR count). The first-order chi connectivity index (χ1) is 16.7. The van der Waals surface area contributed by atoms with Gasteiger partial charge < -0.3 is 4.57 Å². The van der Waals surface area contributed by atoms with Crippen molar-refractivity contribution in [2.24, 2.45) is 0 Å². The van der Waals surface area contributed by atoms with Crippen LogP contribution in [0.1, 0.15) is 29.2 Å². The van der Waals surface area contributed by atoms with Gasteiger partial charge in [-0.3, -0.25) is 0 Å². The zero-order valence-corrected chi connectivity index (χ0v) is 19.2. The van der Waals surface area contributed by atoms with Crippen LogP contribution < -0.4 is 0 Å². The highest BCUT2D eigenvalue weighted by atomic mass is 15.0. The van der Waals surface area contributed by atoms with Gasteiger partial charge in [-0.05, 0) is 58.5 Å². The summed E-state index contributed by atoms with van der Waals surface area (Å²) < 4.78 is 2.49. The highest BCUT2D eigenvalue weighted by Gasteiger charge is 2.41. The summed E-state index contributed by atoms with van der Waals surface area (Å²) in [5, 5.41) is 2.66. The summed E-state index contributed by atoms with van der Waals surface area (Å²) in [5.74, 6) is 0. The molecule has 1 unspecified atom stereocenters. The second kappa shape index (κ2) is 7.20. The average Bonchev–Trinajstić information content (AvgIpc) is 3.34. The molecule has 1 aliphatic rings. The van der Waals surface area contributed by atoms with E-state index >= 15 is 0 Å². The molecule has 1 atom stereocenters. The molecule has 1 aliphatic carbocycles. The molecule has 0 amide bonds. The fraction of sp³-hybridized carbons (Fsp3) is 0.0909. The fourth-order valence-electron chi connectivity index (χ4n) is 6.05. The minimum Gasteiger partial charge on any atom is -0.336 e. The van der Waals surface area contributed by atoms with Gasteiger partial charge in [0.2, 0.25) is 0 Å². The second-order valence-electron chi connectivity index (χ2n) is 9.54. The first-order valence-electron chi connectivity index (χ1n) is 12.0. The molecule has 0 bridgehead atoms. The molecule has 34 heavy (non-hydrogen) atoms. The first-order valence-corrected chi connectivity index (χ1v) is 12.0. The van der Waals surface area contributed by atoms with E-state index in [4.69, 9.17) is 0 Å². The molecule has 0 radical (unpaired) electrons. The highest BCUT2D eigenvalue weighted by molar-refractivity contribution is 6.10. The highest BCUT2D eigenvalue weighted by Crippen LogP contribution is 2.53. The number of para-hydroxylation sites is 1. The maximum Gasteiger partial charge on any atom is 0.0500 e. The number of fused-ring (bicyclic) bond motifs is 6. The Hall–Kier alpha value is -4.10. The Kier molecular flexibility index (Phi) is 4.10. The molecule has 1 heterocycles. The van der Waals surface area contributed by atoms with E-state index < -0.39 is 0 Å². The molecule has 0 spiro atoms. The van der Waals surface area contributed by atoms with Crippen LogP contribution >= 0.6 is 0 Å². The van der Waals surface area contributed by atoms with Crippen LogP contribution in [0.2, 0.25) is 0 Å². The summed E-state index contributed by atoms with van der Waals surface area (Å²) in [6.07, 6.45) is 0. The van der Waals surface area contributed by atoms with Crippen LogP contribution in [-0.4, -0.2) is 4.57 Å². The molecule has 1 aromatic heterocycles. The Labute approximate surface area is 199 Å². The SMILES string of the molecule is CC1(c2ccccc2)c2ccccc2-c2cc3c(cc21)c1ccccc1n3Cc1ccccc1. The van der Waals surface area contributed by atoms with Gasteiger partial charge in [-0.15, -0.1) is 0 Å². The number of rotatable bonds is 3. The van der Waals surface area contributed by atoms with Crippen LogP contribution in [-0.2, 0) is 12.0 Å². The fourth-order valence-corrected chi connectivity index (χ4v) is 6.05. The maximum absolute atomic E-state index is 2.49. The normalized spacial score (nSPS) is 16.6. The molecular formula is C33H25N. The molecule has 1 heteroatoms. The van der Waals surface area contributed by atoms with Gasteiger partial charge in [0.25, 0.3) is 0 Å². The van der Waals surface area contributed by atoms with Crippen LogP contribution in [0.4, 0.5) is 0 Å². The average molecular weight is 436 g/mol. The van der Waals surface area contributed by atoms with Gasteiger partial charge in [-0.1, -0.05) is 103 Å². The van der Waals surface area contributed by atoms with Crippen molar-refractivity contribution in [1.29, 1.82) is 0 Å². The predicted molar refractivity (Wildman–Crippen MR) is 142 cm³/mol. The summed E-state index contributed by atoms with van der Waals surface area (Å²) in [5.41, 5.74) is 10.6. The van der Waals surface area contributed by atoms with E-state index in [0.717, 1.165) is 6.54 Å². The van der Waals surface area contributed by atoms with Crippen molar-refractivity contribution in [2.45, 2.75) is 18.9 Å². The van der Waals surface area contributed by atoms with Crippen molar-refractivity contribution in [3.05, 3.63) is 144 Å². The molecule has 0 N–H and O–H groups in total. The molecule has 6 aromatic rings. The van der Waals surface area contributed by atoms with Gasteiger partial charge in [0.1, 0.15) is 0 Å². The van der Waals surface area contributed by atoms with Gasteiger partial charge >= 0.3 is 0 Å². The largest absolute Gasteiger partial charge is 0.336 e. The third kappa shape index (κ3) is 2.61. The lowest BCUT2D eigenvalue weighted by Crippen LogP contribution is -2.22. The molecule has 0 saturated heterocycles. The summed E-state index contributed by atoms with van der Waals surface area (Å²) in [6, 6.07) is 44.5. The number of hydrogen-bond acceptors (Lipinski definition) is 0. The minimum atomic E-state index is -0.177. The van der Waals surface area contributed by atoms with Crippen LogP contribution in [0.15, 0.2) is 121 Å². The van der Waals surface area contributed by atoms with Crippen molar-refractivity contribution >= 4 is 21.8 Å². The van der Waals surface area contributed by atoms with Gasteiger partial charge in [0, 0.05) is 28.2 Å². The summed E-state index contributed by atoms with van der Waals surface area (Å²) in [6.45, 7) is 3.25.